The largest absolute Gasteiger partial charge is 0.445 e. The van der Waals surface area contributed by atoms with E-state index in [4.69, 9.17) is 13.7 Å². The van der Waals surface area contributed by atoms with Gasteiger partial charge in [-0.2, -0.15) is 8.42 Å². The minimum absolute atomic E-state index is 0.0361. The van der Waals surface area contributed by atoms with Crippen molar-refractivity contribution in [1.82, 2.24) is 10.2 Å². The number of ether oxygens (including phenoxy) is 2. The summed E-state index contributed by atoms with van der Waals surface area (Å²) in [6.07, 6.45) is -0.990. The SMILES string of the molecule is CC(C)(C)OC(=O)N1CCC(NC(=O)OCc2ccccc2)C(OS(C)(=O)=O)C1. The number of alkyl carbamates (subject to hydrolysis) is 1. The zero-order chi connectivity index (χ0) is 21.7. The Hall–Kier alpha value is -2.33. The van der Waals surface area contributed by atoms with Gasteiger partial charge in [0.05, 0.1) is 18.8 Å². The molecule has 0 aromatic heterocycles. The third-order valence-corrected chi connectivity index (χ3v) is 4.62. The molecule has 2 rings (SSSR count). The molecule has 2 atom stereocenters. The van der Waals surface area contributed by atoms with Crippen molar-refractivity contribution >= 4 is 22.3 Å². The average molecular weight is 429 g/mol. The number of carbonyl (C=O) groups is 2. The molecule has 2 unspecified atom stereocenters. The van der Waals surface area contributed by atoms with Crippen LogP contribution in [0.1, 0.15) is 32.8 Å². The lowest BCUT2D eigenvalue weighted by Gasteiger charge is -2.38. The molecule has 29 heavy (non-hydrogen) atoms. The van der Waals surface area contributed by atoms with Crippen molar-refractivity contribution in [3.8, 4) is 0 Å². The molecule has 0 bridgehead atoms. The lowest BCUT2D eigenvalue weighted by atomic mass is 10.0. The molecule has 10 heteroatoms. The number of hydrogen-bond donors (Lipinski definition) is 1. The first-order chi connectivity index (χ1) is 13.4. The van der Waals surface area contributed by atoms with Gasteiger partial charge in [-0.15, -0.1) is 0 Å². The summed E-state index contributed by atoms with van der Waals surface area (Å²) in [5.74, 6) is 0. The highest BCUT2D eigenvalue weighted by Gasteiger charge is 2.37. The van der Waals surface area contributed by atoms with Gasteiger partial charge >= 0.3 is 12.2 Å². The van der Waals surface area contributed by atoms with Crippen LogP contribution in [-0.2, 0) is 30.4 Å². The van der Waals surface area contributed by atoms with Crippen LogP contribution in [0.3, 0.4) is 0 Å². The van der Waals surface area contributed by atoms with Gasteiger partial charge in [-0.1, -0.05) is 30.3 Å². The van der Waals surface area contributed by atoms with Crippen LogP contribution in [0, 0.1) is 0 Å². The number of nitrogens with one attached hydrogen (secondary N) is 1. The summed E-state index contributed by atoms with van der Waals surface area (Å²) < 4.78 is 38.9. The summed E-state index contributed by atoms with van der Waals surface area (Å²) in [6.45, 7) is 5.56. The summed E-state index contributed by atoms with van der Waals surface area (Å²) in [7, 11) is -3.80. The molecule has 1 aromatic rings. The second-order valence-electron chi connectivity index (χ2n) is 7.87. The van der Waals surface area contributed by atoms with E-state index < -0.39 is 40.1 Å². The number of nitrogens with zero attached hydrogens (tertiary/aromatic N) is 1. The highest BCUT2D eigenvalue weighted by Crippen LogP contribution is 2.19. The van der Waals surface area contributed by atoms with Gasteiger partial charge in [-0.3, -0.25) is 4.18 Å². The predicted molar refractivity (Wildman–Crippen MR) is 106 cm³/mol. The molecule has 1 aliphatic rings. The maximum atomic E-state index is 12.3. The molecule has 0 saturated carbocycles. The number of benzene rings is 1. The summed E-state index contributed by atoms with van der Waals surface area (Å²) in [4.78, 5) is 25.8. The standard InChI is InChI=1S/C19H28N2O7S/c1-19(2,3)27-18(23)21-11-10-15(16(12-21)28-29(4,24)25)20-17(22)26-13-14-8-6-5-7-9-14/h5-9,15-16H,10-13H2,1-4H3,(H,20,22). The maximum Gasteiger partial charge on any atom is 0.410 e. The smallest absolute Gasteiger partial charge is 0.410 e. The number of likely N-dealkylation sites (tertiary alicyclic amines) is 1. The van der Waals surface area contributed by atoms with Crippen LogP contribution < -0.4 is 5.32 Å². The molecule has 0 radical (unpaired) electrons. The Bertz CT molecular complexity index is 806. The van der Waals surface area contributed by atoms with Crippen LogP contribution in [0.25, 0.3) is 0 Å². The van der Waals surface area contributed by atoms with E-state index in [0.717, 1.165) is 11.8 Å². The fourth-order valence-electron chi connectivity index (χ4n) is 2.81. The Morgan fingerprint density at radius 2 is 1.86 bits per heavy atom. The molecular weight excluding hydrogens is 400 g/mol. The van der Waals surface area contributed by atoms with Gasteiger partial charge in [0.15, 0.2) is 0 Å². The van der Waals surface area contributed by atoms with E-state index in [0.29, 0.717) is 6.42 Å². The van der Waals surface area contributed by atoms with E-state index in [1.807, 2.05) is 30.3 Å². The Kier molecular flexibility index (Phi) is 7.48. The molecule has 2 amide bonds. The van der Waals surface area contributed by atoms with Gasteiger partial charge in [-0.25, -0.2) is 9.59 Å². The normalized spacial score (nSPS) is 20.1. The fourth-order valence-corrected chi connectivity index (χ4v) is 3.46. The van der Waals surface area contributed by atoms with Crippen molar-refractivity contribution in [3.05, 3.63) is 35.9 Å². The van der Waals surface area contributed by atoms with Crippen molar-refractivity contribution in [2.24, 2.45) is 0 Å². The summed E-state index contributed by atoms with van der Waals surface area (Å²) >= 11 is 0. The lowest BCUT2D eigenvalue weighted by molar-refractivity contribution is 0.00178. The summed E-state index contributed by atoms with van der Waals surface area (Å²) in [5, 5.41) is 2.64. The number of amides is 2. The predicted octanol–water partition coefficient (Wildman–Crippen LogP) is 2.27. The Morgan fingerprint density at radius 1 is 1.21 bits per heavy atom. The molecule has 0 spiro atoms. The second-order valence-corrected chi connectivity index (χ2v) is 9.47. The summed E-state index contributed by atoms with van der Waals surface area (Å²) in [5.41, 5.74) is 0.145. The van der Waals surface area contributed by atoms with E-state index in [-0.39, 0.29) is 19.7 Å². The Labute approximate surface area is 171 Å². The number of hydrogen-bond acceptors (Lipinski definition) is 7. The van der Waals surface area contributed by atoms with Gasteiger partial charge in [0.2, 0.25) is 0 Å². The van der Waals surface area contributed by atoms with Gasteiger partial charge in [0.25, 0.3) is 10.1 Å². The molecule has 1 saturated heterocycles. The van der Waals surface area contributed by atoms with Crippen molar-refractivity contribution in [2.75, 3.05) is 19.3 Å². The molecule has 1 aromatic carbocycles. The van der Waals surface area contributed by atoms with Crippen LogP contribution in [0.2, 0.25) is 0 Å². The van der Waals surface area contributed by atoms with Gasteiger partial charge < -0.3 is 19.7 Å². The number of piperidine rings is 1. The zero-order valence-electron chi connectivity index (χ0n) is 17.1. The van der Waals surface area contributed by atoms with Crippen molar-refractivity contribution in [3.63, 3.8) is 0 Å². The first-order valence-corrected chi connectivity index (χ1v) is 11.1. The van der Waals surface area contributed by atoms with Crippen molar-refractivity contribution in [2.45, 2.75) is 51.5 Å². The number of carbonyl (C=O) groups excluding carboxylic acids is 2. The van der Waals surface area contributed by atoms with Crippen molar-refractivity contribution in [1.29, 1.82) is 0 Å². The van der Waals surface area contributed by atoms with Crippen LogP contribution in [-0.4, -0.2) is 62.6 Å². The first-order valence-electron chi connectivity index (χ1n) is 9.26. The second kappa shape index (κ2) is 9.45. The quantitative estimate of drug-likeness (QED) is 0.716. The van der Waals surface area contributed by atoms with E-state index in [9.17, 15) is 18.0 Å². The van der Waals surface area contributed by atoms with E-state index in [1.165, 1.54) is 4.90 Å². The van der Waals surface area contributed by atoms with Gasteiger partial charge in [-0.05, 0) is 32.8 Å². The third-order valence-electron chi connectivity index (χ3n) is 4.03. The topological polar surface area (TPSA) is 111 Å². The Morgan fingerprint density at radius 3 is 2.45 bits per heavy atom. The molecule has 1 aliphatic heterocycles. The van der Waals surface area contributed by atoms with Crippen LogP contribution >= 0.6 is 0 Å². The average Bonchev–Trinajstić information content (AvgIpc) is 2.59. The fraction of sp³-hybridized carbons (Fsp3) is 0.579. The third kappa shape index (κ3) is 8.28. The highest BCUT2D eigenvalue weighted by atomic mass is 32.2. The van der Waals surface area contributed by atoms with Crippen LogP contribution in [0.15, 0.2) is 30.3 Å². The first kappa shape index (κ1) is 23.0. The maximum absolute atomic E-state index is 12.3. The monoisotopic (exact) mass is 428 g/mol. The molecule has 1 fully saturated rings. The molecule has 0 aliphatic carbocycles. The zero-order valence-corrected chi connectivity index (χ0v) is 17.9. The molecule has 1 heterocycles. The van der Waals surface area contributed by atoms with E-state index in [2.05, 4.69) is 5.32 Å². The summed E-state index contributed by atoms with van der Waals surface area (Å²) in [6, 6.07) is 8.53. The highest BCUT2D eigenvalue weighted by molar-refractivity contribution is 7.86. The molecule has 1 N–H and O–H groups in total. The minimum atomic E-state index is -3.80. The Balaban J connectivity index is 1.98. The van der Waals surface area contributed by atoms with Crippen LogP contribution in [0.4, 0.5) is 9.59 Å². The molecular formula is C19H28N2O7S. The number of rotatable bonds is 5. The van der Waals surface area contributed by atoms with Gasteiger partial charge in [0, 0.05) is 6.54 Å². The van der Waals surface area contributed by atoms with Crippen LogP contribution in [0.5, 0.6) is 0 Å². The molecule has 162 valence electrons. The lowest BCUT2D eigenvalue weighted by Crippen LogP contribution is -2.57. The van der Waals surface area contributed by atoms with Crippen molar-refractivity contribution < 1.29 is 31.7 Å². The van der Waals surface area contributed by atoms with Gasteiger partial charge in [0.1, 0.15) is 18.3 Å². The van der Waals surface area contributed by atoms with E-state index in [1.54, 1.807) is 20.8 Å². The van der Waals surface area contributed by atoms with E-state index >= 15 is 0 Å². The minimum Gasteiger partial charge on any atom is -0.445 e. The molecule has 9 nitrogen and oxygen atoms in total.